The van der Waals surface area contributed by atoms with Crippen LogP contribution >= 0.6 is 0 Å². The fourth-order valence-corrected chi connectivity index (χ4v) is 5.81. The second-order valence-electron chi connectivity index (χ2n) is 9.49. The highest BCUT2D eigenvalue weighted by atomic mass is 16.3. The number of likely N-dealkylation sites (tertiary alicyclic amines) is 2. The van der Waals surface area contributed by atoms with Gasteiger partial charge in [-0.1, -0.05) is 24.3 Å². The van der Waals surface area contributed by atoms with Gasteiger partial charge in [0.1, 0.15) is 0 Å². The molecule has 2 heterocycles. The molecule has 0 bridgehead atoms. The Morgan fingerprint density at radius 1 is 0.962 bits per heavy atom. The van der Waals surface area contributed by atoms with Crippen LogP contribution in [0.3, 0.4) is 0 Å². The molecule has 3 nitrogen and oxygen atoms in total. The average Bonchev–Trinajstić information content (AvgIpc) is 3.05. The number of benzene rings is 1. The maximum absolute atomic E-state index is 11.6. The molecular formula is C23H34N2O. The molecule has 5 rings (SSSR count). The van der Waals surface area contributed by atoms with E-state index in [0.29, 0.717) is 11.8 Å². The van der Waals surface area contributed by atoms with Crippen molar-refractivity contribution < 1.29 is 5.11 Å². The third kappa shape index (κ3) is 3.34. The van der Waals surface area contributed by atoms with E-state index >= 15 is 0 Å². The first-order valence-electron chi connectivity index (χ1n) is 11.0. The summed E-state index contributed by atoms with van der Waals surface area (Å²) in [5, 5.41) is 11.6. The van der Waals surface area contributed by atoms with Crippen LogP contribution in [0.1, 0.15) is 49.7 Å². The zero-order valence-electron chi connectivity index (χ0n) is 16.1. The number of aliphatic hydroxyl groups is 1. The van der Waals surface area contributed by atoms with E-state index in [9.17, 15) is 5.11 Å². The minimum atomic E-state index is -0.587. The predicted octanol–water partition coefficient (Wildman–Crippen LogP) is 3.26. The molecule has 3 atom stereocenters. The zero-order chi connectivity index (χ0) is 17.6. The summed E-state index contributed by atoms with van der Waals surface area (Å²) in [6.45, 7) is 7.34. The minimum Gasteiger partial charge on any atom is -0.385 e. The molecule has 1 N–H and O–H groups in total. The second-order valence-corrected chi connectivity index (χ2v) is 9.49. The molecule has 0 amide bonds. The van der Waals surface area contributed by atoms with Crippen molar-refractivity contribution in [1.29, 1.82) is 0 Å². The van der Waals surface area contributed by atoms with E-state index in [1.165, 1.54) is 76.0 Å². The van der Waals surface area contributed by atoms with Crippen molar-refractivity contribution in [3.05, 3.63) is 35.4 Å². The van der Waals surface area contributed by atoms with Crippen molar-refractivity contribution in [2.24, 2.45) is 17.8 Å². The molecule has 0 radical (unpaired) electrons. The smallest absolute Gasteiger partial charge is 0.0940 e. The van der Waals surface area contributed by atoms with E-state index < -0.39 is 5.60 Å². The Kier molecular flexibility index (Phi) is 4.58. The van der Waals surface area contributed by atoms with Gasteiger partial charge in [0.2, 0.25) is 0 Å². The Bertz CT molecular complexity index is 620. The van der Waals surface area contributed by atoms with E-state index in [1.54, 1.807) is 0 Å². The van der Waals surface area contributed by atoms with Crippen LogP contribution in [0, 0.1) is 17.8 Å². The average molecular weight is 355 g/mol. The fourth-order valence-electron chi connectivity index (χ4n) is 5.81. The normalized spacial score (nSPS) is 35.3. The standard InChI is InChI=1S/C23H34N2O/c26-23(11-9-20-16-25(17-22(20)23)15-19-3-4-19)21-7-5-18(6-8-21)10-14-24-12-1-2-13-24/h5-8,19-20,22,26H,1-4,9-17H2. The largest absolute Gasteiger partial charge is 0.385 e. The van der Waals surface area contributed by atoms with Crippen molar-refractivity contribution in [3.8, 4) is 0 Å². The number of nitrogens with zero attached hydrogens (tertiary/aromatic N) is 2. The van der Waals surface area contributed by atoms with Crippen LogP contribution < -0.4 is 0 Å². The van der Waals surface area contributed by atoms with E-state index in [4.69, 9.17) is 0 Å². The summed E-state index contributed by atoms with van der Waals surface area (Å²) in [6, 6.07) is 9.00. The molecule has 26 heavy (non-hydrogen) atoms. The molecule has 142 valence electrons. The first kappa shape index (κ1) is 17.2. The maximum Gasteiger partial charge on any atom is 0.0940 e. The molecule has 1 aromatic carbocycles. The van der Waals surface area contributed by atoms with Crippen molar-refractivity contribution in [2.75, 3.05) is 39.3 Å². The van der Waals surface area contributed by atoms with Crippen molar-refractivity contribution in [2.45, 2.75) is 50.5 Å². The van der Waals surface area contributed by atoms with Gasteiger partial charge >= 0.3 is 0 Å². The lowest BCUT2D eigenvalue weighted by molar-refractivity contribution is -0.00668. The number of hydrogen-bond acceptors (Lipinski definition) is 3. The molecule has 0 aromatic heterocycles. The van der Waals surface area contributed by atoms with Crippen molar-refractivity contribution in [3.63, 3.8) is 0 Å². The van der Waals surface area contributed by atoms with Gasteiger partial charge in [-0.3, -0.25) is 0 Å². The first-order valence-corrected chi connectivity index (χ1v) is 11.0. The molecule has 4 aliphatic rings. The van der Waals surface area contributed by atoms with Gasteiger partial charge in [0.25, 0.3) is 0 Å². The minimum absolute atomic E-state index is 0.441. The number of rotatable bonds is 6. The molecule has 3 heteroatoms. The van der Waals surface area contributed by atoms with E-state index in [-0.39, 0.29) is 0 Å². The van der Waals surface area contributed by atoms with Crippen LogP contribution in [0.25, 0.3) is 0 Å². The fraction of sp³-hybridized carbons (Fsp3) is 0.739. The van der Waals surface area contributed by atoms with Gasteiger partial charge in [-0.15, -0.1) is 0 Å². The van der Waals surface area contributed by atoms with Crippen LogP contribution in [-0.4, -0.2) is 54.2 Å². The third-order valence-electron chi connectivity index (χ3n) is 7.61. The maximum atomic E-state index is 11.6. The SMILES string of the molecule is OC1(c2ccc(CCN3CCCC3)cc2)CCC2CN(CC3CC3)CC21. The lowest BCUT2D eigenvalue weighted by Gasteiger charge is -2.31. The molecule has 0 spiro atoms. The van der Waals surface area contributed by atoms with Gasteiger partial charge in [0.05, 0.1) is 5.60 Å². The van der Waals surface area contributed by atoms with Crippen LogP contribution in [0.2, 0.25) is 0 Å². The summed E-state index contributed by atoms with van der Waals surface area (Å²) in [4.78, 5) is 5.22. The Morgan fingerprint density at radius 2 is 1.73 bits per heavy atom. The molecule has 4 fully saturated rings. The summed E-state index contributed by atoms with van der Waals surface area (Å²) < 4.78 is 0. The Balaban J connectivity index is 1.23. The Hall–Kier alpha value is -0.900. The van der Waals surface area contributed by atoms with Gasteiger partial charge in [-0.25, -0.2) is 0 Å². The van der Waals surface area contributed by atoms with Gasteiger partial charge in [0.15, 0.2) is 0 Å². The van der Waals surface area contributed by atoms with E-state index in [2.05, 4.69) is 34.1 Å². The van der Waals surface area contributed by atoms with Crippen LogP contribution in [0.5, 0.6) is 0 Å². The molecule has 3 unspecified atom stereocenters. The summed E-state index contributed by atoms with van der Waals surface area (Å²) in [6.07, 6.45) is 8.87. The molecule has 1 aromatic rings. The van der Waals surface area contributed by atoms with E-state index in [0.717, 1.165) is 25.3 Å². The Labute approximate surface area is 158 Å². The first-order chi connectivity index (χ1) is 12.7. The van der Waals surface area contributed by atoms with Gasteiger partial charge < -0.3 is 14.9 Å². The summed E-state index contributed by atoms with van der Waals surface area (Å²) >= 11 is 0. The van der Waals surface area contributed by atoms with Crippen molar-refractivity contribution >= 4 is 0 Å². The molecule has 2 saturated heterocycles. The summed E-state index contributed by atoms with van der Waals surface area (Å²) in [5.74, 6) is 2.10. The predicted molar refractivity (Wildman–Crippen MR) is 105 cm³/mol. The van der Waals surface area contributed by atoms with Gasteiger partial charge in [-0.2, -0.15) is 0 Å². The van der Waals surface area contributed by atoms with Crippen LogP contribution in [-0.2, 0) is 12.0 Å². The topological polar surface area (TPSA) is 26.7 Å². The second kappa shape index (κ2) is 6.92. The highest BCUT2D eigenvalue weighted by Gasteiger charge is 2.52. The Morgan fingerprint density at radius 3 is 2.46 bits per heavy atom. The number of hydrogen-bond donors (Lipinski definition) is 1. The van der Waals surface area contributed by atoms with Gasteiger partial charge in [0, 0.05) is 32.1 Å². The van der Waals surface area contributed by atoms with Crippen LogP contribution in [0.4, 0.5) is 0 Å². The quantitative estimate of drug-likeness (QED) is 0.849. The van der Waals surface area contributed by atoms with Gasteiger partial charge in [-0.05, 0) is 81.0 Å². The lowest BCUT2D eigenvalue weighted by Crippen LogP contribution is -2.35. The highest BCUT2D eigenvalue weighted by Crippen LogP contribution is 2.51. The zero-order valence-corrected chi connectivity index (χ0v) is 16.1. The summed E-state index contributed by atoms with van der Waals surface area (Å²) in [7, 11) is 0. The summed E-state index contributed by atoms with van der Waals surface area (Å²) in [5.41, 5.74) is 2.00. The molecule has 2 aliphatic heterocycles. The molecule has 2 aliphatic carbocycles. The van der Waals surface area contributed by atoms with E-state index in [1.807, 2.05) is 0 Å². The third-order valence-corrected chi connectivity index (χ3v) is 7.61. The van der Waals surface area contributed by atoms with Crippen molar-refractivity contribution in [1.82, 2.24) is 9.80 Å². The highest BCUT2D eigenvalue weighted by molar-refractivity contribution is 5.30. The molecular weight excluding hydrogens is 320 g/mol. The van der Waals surface area contributed by atoms with Crippen LogP contribution in [0.15, 0.2) is 24.3 Å². The molecule has 2 saturated carbocycles. The monoisotopic (exact) mass is 354 g/mol. The lowest BCUT2D eigenvalue weighted by atomic mass is 9.82. The number of fused-ring (bicyclic) bond motifs is 1.